The van der Waals surface area contributed by atoms with Gasteiger partial charge in [0, 0.05) is 35.2 Å². The second kappa shape index (κ2) is 9.56. The third-order valence-corrected chi connectivity index (χ3v) is 5.48. The van der Waals surface area contributed by atoms with E-state index in [9.17, 15) is 4.79 Å². The molecule has 0 fully saturated rings. The van der Waals surface area contributed by atoms with Crippen molar-refractivity contribution >= 4 is 29.3 Å². The van der Waals surface area contributed by atoms with Crippen LogP contribution < -0.4 is 5.32 Å². The Morgan fingerprint density at radius 1 is 1.00 bits per heavy atom. The first-order valence-electron chi connectivity index (χ1n) is 9.26. The highest BCUT2D eigenvalue weighted by molar-refractivity contribution is 7.99. The fraction of sp³-hybridized carbons (Fsp3) is 0.0909. The summed E-state index contributed by atoms with van der Waals surface area (Å²) in [5, 5.41) is 12.9. The van der Waals surface area contributed by atoms with Crippen molar-refractivity contribution in [2.45, 2.75) is 11.7 Å². The van der Waals surface area contributed by atoms with E-state index in [0.717, 1.165) is 16.8 Å². The molecule has 4 rings (SSSR count). The Hall–Kier alpha value is -3.16. The SMILES string of the molecule is O=C(CSc1nnc(-c2cccnc2)n1-c1ccccc1)NCc1ccc(Cl)cc1. The maximum absolute atomic E-state index is 12.4. The van der Waals surface area contributed by atoms with Crippen molar-refractivity contribution in [1.82, 2.24) is 25.1 Å². The van der Waals surface area contributed by atoms with E-state index in [0.29, 0.717) is 22.5 Å². The Balaban J connectivity index is 1.49. The van der Waals surface area contributed by atoms with Gasteiger partial charge in [-0.05, 0) is 42.0 Å². The quantitative estimate of drug-likeness (QED) is 0.436. The van der Waals surface area contributed by atoms with Gasteiger partial charge in [0.2, 0.25) is 5.91 Å². The van der Waals surface area contributed by atoms with Gasteiger partial charge in [-0.25, -0.2) is 0 Å². The minimum absolute atomic E-state index is 0.0829. The Kier molecular flexibility index (Phi) is 6.41. The molecule has 0 unspecified atom stereocenters. The van der Waals surface area contributed by atoms with Gasteiger partial charge in [0.1, 0.15) is 0 Å². The molecule has 1 N–H and O–H groups in total. The van der Waals surface area contributed by atoms with Crippen LogP contribution in [0, 0.1) is 0 Å². The number of para-hydroxylation sites is 1. The molecule has 0 saturated heterocycles. The van der Waals surface area contributed by atoms with Gasteiger partial charge >= 0.3 is 0 Å². The minimum atomic E-state index is -0.0829. The van der Waals surface area contributed by atoms with Gasteiger partial charge in [0.25, 0.3) is 0 Å². The molecule has 4 aromatic rings. The first kappa shape index (κ1) is 20.1. The monoisotopic (exact) mass is 435 g/mol. The lowest BCUT2D eigenvalue weighted by molar-refractivity contribution is -0.118. The molecule has 2 aromatic heterocycles. The standard InChI is InChI=1S/C22H18ClN5OS/c23-18-10-8-16(9-11-18)13-25-20(29)15-30-22-27-26-21(17-5-4-12-24-14-17)28(22)19-6-2-1-3-7-19/h1-12,14H,13,15H2,(H,25,29). The van der Waals surface area contributed by atoms with Crippen molar-refractivity contribution in [2.75, 3.05) is 5.75 Å². The molecule has 0 spiro atoms. The number of nitrogens with one attached hydrogen (secondary N) is 1. The maximum atomic E-state index is 12.4. The maximum Gasteiger partial charge on any atom is 0.230 e. The Morgan fingerprint density at radius 3 is 2.53 bits per heavy atom. The van der Waals surface area contributed by atoms with Gasteiger partial charge in [-0.3, -0.25) is 14.3 Å². The van der Waals surface area contributed by atoms with Gasteiger partial charge in [-0.2, -0.15) is 0 Å². The lowest BCUT2D eigenvalue weighted by Crippen LogP contribution is -2.24. The van der Waals surface area contributed by atoms with Crippen LogP contribution in [0.4, 0.5) is 0 Å². The zero-order chi connectivity index (χ0) is 20.8. The van der Waals surface area contributed by atoms with E-state index in [1.807, 2.05) is 59.2 Å². The van der Waals surface area contributed by atoms with Crippen LogP contribution in [0.1, 0.15) is 5.56 Å². The molecule has 8 heteroatoms. The predicted octanol–water partition coefficient (Wildman–Crippen LogP) is 4.39. The van der Waals surface area contributed by atoms with E-state index >= 15 is 0 Å². The van der Waals surface area contributed by atoms with E-state index < -0.39 is 0 Å². The van der Waals surface area contributed by atoms with Crippen LogP contribution >= 0.6 is 23.4 Å². The number of amides is 1. The molecule has 0 aliphatic rings. The summed E-state index contributed by atoms with van der Waals surface area (Å²) in [5.74, 6) is 0.824. The topological polar surface area (TPSA) is 72.7 Å². The summed E-state index contributed by atoms with van der Waals surface area (Å²) in [6.45, 7) is 0.447. The number of thioether (sulfide) groups is 1. The highest BCUT2D eigenvalue weighted by Gasteiger charge is 2.17. The van der Waals surface area contributed by atoms with Crippen LogP contribution in [0.3, 0.4) is 0 Å². The molecule has 0 atom stereocenters. The molecule has 30 heavy (non-hydrogen) atoms. The highest BCUT2D eigenvalue weighted by atomic mass is 35.5. The van der Waals surface area contributed by atoms with Gasteiger partial charge in [-0.15, -0.1) is 10.2 Å². The van der Waals surface area contributed by atoms with Crippen molar-refractivity contribution in [3.05, 3.63) is 89.7 Å². The molecule has 0 aliphatic carbocycles. The third kappa shape index (κ3) is 4.87. The third-order valence-electron chi connectivity index (χ3n) is 4.30. The first-order valence-corrected chi connectivity index (χ1v) is 10.6. The van der Waals surface area contributed by atoms with E-state index in [4.69, 9.17) is 11.6 Å². The smallest absolute Gasteiger partial charge is 0.230 e. The van der Waals surface area contributed by atoms with Crippen LogP contribution in [0.5, 0.6) is 0 Å². The summed E-state index contributed by atoms with van der Waals surface area (Å²) in [7, 11) is 0. The number of carbonyl (C=O) groups is 1. The molecule has 0 radical (unpaired) electrons. The van der Waals surface area contributed by atoms with Gasteiger partial charge < -0.3 is 5.32 Å². The van der Waals surface area contributed by atoms with Crippen LogP contribution in [0.15, 0.2) is 84.3 Å². The van der Waals surface area contributed by atoms with Crippen molar-refractivity contribution in [1.29, 1.82) is 0 Å². The summed E-state index contributed by atoms with van der Waals surface area (Å²) in [4.78, 5) is 16.5. The van der Waals surface area contributed by atoms with E-state index in [1.54, 1.807) is 24.5 Å². The number of halogens is 1. The Morgan fingerprint density at radius 2 is 1.80 bits per heavy atom. The second-order valence-electron chi connectivity index (χ2n) is 6.41. The van der Waals surface area contributed by atoms with E-state index in [2.05, 4.69) is 20.5 Å². The minimum Gasteiger partial charge on any atom is -0.351 e. The molecule has 6 nitrogen and oxygen atoms in total. The zero-order valence-corrected chi connectivity index (χ0v) is 17.5. The average molecular weight is 436 g/mol. The predicted molar refractivity (Wildman–Crippen MR) is 119 cm³/mol. The molecular formula is C22H18ClN5OS. The molecular weight excluding hydrogens is 418 g/mol. The lowest BCUT2D eigenvalue weighted by atomic mass is 10.2. The van der Waals surface area contributed by atoms with Crippen LogP contribution in [-0.2, 0) is 11.3 Å². The first-order chi connectivity index (χ1) is 14.7. The van der Waals surface area contributed by atoms with Crippen molar-refractivity contribution in [3.8, 4) is 17.1 Å². The van der Waals surface area contributed by atoms with Crippen molar-refractivity contribution < 1.29 is 4.79 Å². The summed E-state index contributed by atoms with van der Waals surface area (Å²) < 4.78 is 1.94. The average Bonchev–Trinajstić information content (AvgIpc) is 3.22. The second-order valence-corrected chi connectivity index (χ2v) is 7.79. The number of aromatic nitrogens is 4. The zero-order valence-electron chi connectivity index (χ0n) is 15.9. The van der Waals surface area contributed by atoms with Crippen molar-refractivity contribution in [2.24, 2.45) is 0 Å². The lowest BCUT2D eigenvalue weighted by Gasteiger charge is -2.10. The van der Waals surface area contributed by atoms with Gasteiger partial charge in [-0.1, -0.05) is 53.7 Å². The Labute approximate surface area is 183 Å². The Bertz CT molecular complexity index is 1120. The molecule has 2 heterocycles. The number of hydrogen-bond donors (Lipinski definition) is 1. The molecule has 0 aliphatic heterocycles. The van der Waals surface area contributed by atoms with Crippen LogP contribution in [0.25, 0.3) is 17.1 Å². The van der Waals surface area contributed by atoms with Gasteiger partial charge in [0.15, 0.2) is 11.0 Å². The molecule has 0 saturated carbocycles. The molecule has 0 bridgehead atoms. The highest BCUT2D eigenvalue weighted by Crippen LogP contribution is 2.27. The number of benzene rings is 2. The summed E-state index contributed by atoms with van der Waals surface area (Å²) >= 11 is 7.23. The summed E-state index contributed by atoms with van der Waals surface area (Å²) in [6, 6.07) is 21.0. The molecule has 2 aromatic carbocycles. The fourth-order valence-corrected chi connectivity index (χ4v) is 3.75. The number of pyridine rings is 1. The van der Waals surface area contributed by atoms with Crippen molar-refractivity contribution in [3.63, 3.8) is 0 Å². The number of rotatable bonds is 7. The number of nitrogens with zero attached hydrogens (tertiary/aromatic N) is 4. The summed E-state index contributed by atoms with van der Waals surface area (Å²) in [6.07, 6.45) is 3.46. The fourth-order valence-electron chi connectivity index (χ4n) is 2.84. The van der Waals surface area contributed by atoms with E-state index in [-0.39, 0.29) is 11.7 Å². The van der Waals surface area contributed by atoms with Crippen LogP contribution in [-0.4, -0.2) is 31.4 Å². The van der Waals surface area contributed by atoms with Crippen LogP contribution in [0.2, 0.25) is 5.02 Å². The summed E-state index contributed by atoms with van der Waals surface area (Å²) in [5.41, 5.74) is 2.77. The number of hydrogen-bond acceptors (Lipinski definition) is 5. The van der Waals surface area contributed by atoms with Gasteiger partial charge in [0.05, 0.1) is 5.75 Å². The molecule has 150 valence electrons. The largest absolute Gasteiger partial charge is 0.351 e. The molecule has 1 amide bonds. The number of carbonyl (C=O) groups excluding carboxylic acids is 1. The van der Waals surface area contributed by atoms with E-state index in [1.165, 1.54) is 11.8 Å². The normalized spacial score (nSPS) is 10.7.